The molecular formula is C10H10N2OSW. The van der Waals surface area contributed by atoms with Crippen molar-refractivity contribution in [2.24, 2.45) is 5.73 Å². The van der Waals surface area contributed by atoms with E-state index in [-0.39, 0.29) is 0 Å². The summed E-state index contributed by atoms with van der Waals surface area (Å²) in [5.41, 5.74) is 12.3. The van der Waals surface area contributed by atoms with E-state index >= 15 is 0 Å². The number of allylic oxidation sites excluding steroid dienone is 3. The van der Waals surface area contributed by atoms with Gasteiger partial charge in [-0.1, -0.05) is 0 Å². The number of thiophene rings is 1. The molecule has 1 heterocycles. The summed E-state index contributed by atoms with van der Waals surface area (Å²) in [5.74, 6) is -0.489. The van der Waals surface area contributed by atoms with Gasteiger partial charge in [0.2, 0.25) is 0 Å². The van der Waals surface area contributed by atoms with E-state index in [0.29, 0.717) is 10.6 Å². The van der Waals surface area contributed by atoms with Crippen LogP contribution in [0.4, 0.5) is 5.00 Å². The van der Waals surface area contributed by atoms with Gasteiger partial charge in [-0.05, 0) is 0 Å². The number of amides is 1. The molecule has 0 fully saturated rings. The van der Waals surface area contributed by atoms with E-state index < -0.39 is 5.91 Å². The van der Waals surface area contributed by atoms with Crippen LogP contribution in [0, 0.1) is 0 Å². The van der Waals surface area contributed by atoms with Crippen molar-refractivity contribution in [3.63, 3.8) is 0 Å². The Hall–Kier alpha value is -0.992. The number of rotatable bonds is 4. The Morgan fingerprint density at radius 1 is 1.60 bits per heavy atom. The second-order valence-corrected chi connectivity index (χ2v) is 4.66. The Bertz CT molecular complexity index is 448. The fourth-order valence-electron chi connectivity index (χ4n) is 1.05. The Labute approximate surface area is 103 Å². The molecule has 0 spiro atoms. The van der Waals surface area contributed by atoms with Crippen molar-refractivity contribution in [3.8, 4) is 0 Å². The molecule has 1 rings (SSSR count). The molecule has 1 aromatic heterocycles. The van der Waals surface area contributed by atoms with E-state index in [9.17, 15) is 4.79 Å². The summed E-state index contributed by atoms with van der Waals surface area (Å²) in [4.78, 5) is 11.9. The monoisotopic (exact) mass is 390 g/mol. The maximum atomic E-state index is 11.0. The van der Waals surface area contributed by atoms with Crippen LogP contribution in [0.15, 0.2) is 24.8 Å². The summed E-state index contributed by atoms with van der Waals surface area (Å²) in [6.07, 6.45) is 3.58. The van der Waals surface area contributed by atoms with Gasteiger partial charge < -0.3 is 0 Å². The first-order chi connectivity index (χ1) is 7.10. The van der Waals surface area contributed by atoms with Gasteiger partial charge >= 0.3 is 103 Å². The van der Waals surface area contributed by atoms with Gasteiger partial charge in [0, 0.05) is 0 Å². The van der Waals surface area contributed by atoms with Crippen molar-refractivity contribution >= 4 is 32.2 Å². The summed E-state index contributed by atoms with van der Waals surface area (Å²) >= 11 is 2.68. The quantitative estimate of drug-likeness (QED) is 0.763. The van der Waals surface area contributed by atoms with Gasteiger partial charge in [0.05, 0.1) is 0 Å². The fourth-order valence-corrected chi connectivity index (χ4v) is 3.01. The minimum atomic E-state index is -0.489. The van der Waals surface area contributed by atoms with Gasteiger partial charge in [0.1, 0.15) is 0 Å². The summed E-state index contributed by atoms with van der Waals surface area (Å²) in [5, 5.41) is 0.462. The Kier molecular flexibility index (Phi) is 4.18. The standard InChI is InChI=1S/C10H10N2OS.W/c1-3-4-6(2)8-5-7(9(11)13)10(12)14-8;/h2-5H,1,12H2,(H2,11,13);/b6-4+;. The zero-order valence-corrected chi connectivity index (χ0v) is 11.6. The molecule has 0 radical (unpaired) electrons. The maximum absolute atomic E-state index is 11.0. The van der Waals surface area contributed by atoms with Gasteiger partial charge in [-0.3, -0.25) is 0 Å². The van der Waals surface area contributed by atoms with Crippen LogP contribution in [0.25, 0.3) is 5.57 Å². The number of nitrogen functional groups attached to an aromatic ring is 1. The number of anilines is 1. The van der Waals surface area contributed by atoms with E-state index in [2.05, 4.69) is 6.58 Å². The Morgan fingerprint density at radius 3 is 2.67 bits per heavy atom. The van der Waals surface area contributed by atoms with E-state index in [1.807, 2.05) is 10.5 Å². The van der Waals surface area contributed by atoms with Crippen molar-refractivity contribution < 1.29 is 24.1 Å². The van der Waals surface area contributed by atoms with Crippen LogP contribution >= 0.6 is 11.3 Å². The summed E-state index contributed by atoms with van der Waals surface area (Å²) in [6, 6.07) is 1.72. The van der Waals surface area contributed by atoms with Crippen LogP contribution in [0.5, 0.6) is 0 Å². The zero-order valence-electron chi connectivity index (χ0n) is 7.90. The number of carbonyl (C=O) groups is 1. The molecule has 1 aromatic rings. The SMILES string of the molecule is C=C/C=C(\[CH]=[W])c1cc(C(N)=O)c(N)s1. The third-order valence-electron chi connectivity index (χ3n) is 1.74. The van der Waals surface area contributed by atoms with Crippen LogP contribution in [-0.2, 0) is 19.4 Å². The first-order valence-electron chi connectivity index (χ1n) is 4.07. The van der Waals surface area contributed by atoms with Crippen molar-refractivity contribution in [1.82, 2.24) is 0 Å². The molecular weight excluding hydrogens is 380 g/mol. The molecule has 3 nitrogen and oxygen atoms in total. The normalized spacial score (nSPS) is 11.1. The number of carbonyl (C=O) groups excluding carboxylic acids is 1. The molecule has 0 unspecified atom stereocenters. The molecule has 0 aliphatic heterocycles. The summed E-state index contributed by atoms with van der Waals surface area (Å²) in [7, 11) is 0. The Morgan fingerprint density at radius 2 is 2.27 bits per heavy atom. The van der Waals surface area contributed by atoms with Crippen molar-refractivity contribution in [1.29, 1.82) is 0 Å². The summed E-state index contributed by atoms with van der Waals surface area (Å²) in [6.45, 7) is 3.63. The predicted molar refractivity (Wildman–Crippen MR) is 61.5 cm³/mol. The first kappa shape index (κ1) is 12.1. The minimum absolute atomic E-state index is 0.391. The van der Waals surface area contributed by atoms with Crippen LogP contribution in [0.1, 0.15) is 15.2 Å². The van der Waals surface area contributed by atoms with E-state index in [0.717, 1.165) is 10.5 Å². The molecule has 15 heavy (non-hydrogen) atoms. The molecule has 78 valence electrons. The number of nitrogens with two attached hydrogens (primary N) is 2. The molecule has 0 aliphatic carbocycles. The van der Waals surface area contributed by atoms with Crippen molar-refractivity contribution in [2.75, 3.05) is 5.73 Å². The summed E-state index contributed by atoms with van der Waals surface area (Å²) < 4.78 is 2.01. The van der Waals surface area contributed by atoms with E-state index in [1.54, 1.807) is 12.1 Å². The molecule has 0 saturated heterocycles. The molecule has 0 aromatic carbocycles. The van der Waals surface area contributed by atoms with Crippen LogP contribution < -0.4 is 11.5 Å². The van der Waals surface area contributed by atoms with Crippen LogP contribution in [0.2, 0.25) is 0 Å². The molecule has 0 bridgehead atoms. The molecule has 0 atom stereocenters. The fraction of sp³-hybridized carbons (Fsp3) is 0. The van der Waals surface area contributed by atoms with Crippen LogP contribution in [-0.4, -0.2) is 10.3 Å². The topological polar surface area (TPSA) is 69.1 Å². The molecule has 0 aliphatic rings. The molecule has 4 N–H and O–H groups in total. The third kappa shape index (κ3) is 2.73. The molecule has 5 heteroatoms. The van der Waals surface area contributed by atoms with E-state index in [1.165, 1.54) is 30.7 Å². The van der Waals surface area contributed by atoms with Crippen molar-refractivity contribution in [2.45, 2.75) is 0 Å². The third-order valence-corrected chi connectivity index (χ3v) is 3.66. The van der Waals surface area contributed by atoms with Gasteiger partial charge in [-0.2, -0.15) is 0 Å². The average molecular weight is 390 g/mol. The van der Waals surface area contributed by atoms with Crippen LogP contribution in [0.3, 0.4) is 0 Å². The van der Waals surface area contributed by atoms with Gasteiger partial charge in [0.15, 0.2) is 0 Å². The van der Waals surface area contributed by atoms with Crippen molar-refractivity contribution in [3.05, 3.63) is 35.2 Å². The predicted octanol–water partition coefficient (Wildman–Crippen LogP) is 1.35. The van der Waals surface area contributed by atoms with E-state index in [4.69, 9.17) is 11.5 Å². The Balaban J connectivity index is 3.22. The first-order valence-corrected chi connectivity index (χ1v) is 6.58. The second-order valence-electron chi connectivity index (χ2n) is 2.73. The molecule has 0 saturated carbocycles. The van der Waals surface area contributed by atoms with Gasteiger partial charge in [0.25, 0.3) is 0 Å². The second kappa shape index (κ2) is 5.19. The average Bonchev–Trinajstić information content (AvgIpc) is 2.56. The van der Waals surface area contributed by atoms with Gasteiger partial charge in [-0.25, -0.2) is 0 Å². The number of hydrogen-bond donors (Lipinski definition) is 2. The number of hydrogen-bond acceptors (Lipinski definition) is 3. The zero-order chi connectivity index (χ0) is 11.4. The molecule has 1 amide bonds. The van der Waals surface area contributed by atoms with Gasteiger partial charge in [-0.15, -0.1) is 0 Å². The number of primary amides is 1.